The zero-order valence-corrected chi connectivity index (χ0v) is 12.5. The van der Waals surface area contributed by atoms with Crippen molar-refractivity contribution in [1.82, 2.24) is 0 Å². The first-order valence-electron chi connectivity index (χ1n) is 6.89. The SMILES string of the molecule is CCCC[Si](CCCC)(OC)c1ccccc1. The minimum atomic E-state index is -1.69. The van der Waals surface area contributed by atoms with Crippen molar-refractivity contribution in [3.8, 4) is 0 Å². The van der Waals surface area contributed by atoms with E-state index in [2.05, 4.69) is 44.2 Å². The minimum absolute atomic E-state index is 1.26. The predicted molar refractivity (Wildman–Crippen MR) is 78.3 cm³/mol. The first-order valence-corrected chi connectivity index (χ1v) is 9.22. The second kappa shape index (κ2) is 7.67. The summed E-state index contributed by atoms with van der Waals surface area (Å²) in [4.78, 5) is 0. The van der Waals surface area contributed by atoms with Gasteiger partial charge in [0.2, 0.25) is 8.32 Å². The Bertz CT molecular complexity index is 289. The summed E-state index contributed by atoms with van der Waals surface area (Å²) >= 11 is 0. The van der Waals surface area contributed by atoms with Crippen molar-refractivity contribution in [2.75, 3.05) is 7.11 Å². The van der Waals surface area contributed by atoms with Crippen LogP contribution in [0.15, 0.2) is 30.3 Å². The molecule has 0 aromatic heterocycles. The van der Waals surface area contributed by atoms with Gasteiger partial charge in [-0.25, -0.2) is 0 Å². The van der Waals surface area contributed by atoms with Crippen molar-refractivity contribution in [2.24, 2.45) is 0 Å². The number of rotatable bonds is 8. The summed E-state index contributed by atoms with van der Waals surface area (Å²) in [6, 6.07) is 13.5. The molecule has 96 valence electrons. The van der Waals surface area contributed by atoms with Crippen molar-refractivity contribution < 1.29 is 4.43 Å². The Kier molecular flexibility index (Phi) is 6.52. The van der Waals surface area contributed by atoms with Crippen LogP contribution in [-0.4, -0.2) is 15.4 Å². The van der Waals surface area contributed by atoms with Crippen LogP contribution in [-0.2, 0) is 4.43 Å². The molecule has 1 aromatic rings. The van der Waals surface area contributed by atoms with Gasteiger partial charge in [0.15, 0.2) is 0 Å². The molecule has 0 atom stereocenters. The van der Waals surface area contributed by atoms with Crippen LogP contribution < -0.4 is 5.19 Å². The first kappa shape index (κ1) is 14.5. The van der Waals surface area contributed by atoms with E-state index in [-0.39, 0.29) is 0 Å². The lowest BCUT2D eigenvalue weighted by Crippen LogP contribution is -2.49. The van der Waals surface area contributed by atoms with E-state index in [0.717, 1.165) is 0 Å². The lowest BCUT2D eigenvalue weighted by atomic mass is 10.4. The second-order valence-electron chi connectivity index (χ2n) is 4.77. The zero-order chi connectivity index (χ0) is 12.6. The Hall–Kier alpha value is -0.603. The third-order valence-corrected chi connectivity index (χ3v) is 8.05. The van der Waals surface area contributed by atoms with E-state index in [0.29, 0.717) is 0 Å². The van der Waals surface area contributed by atoms with Crippen molar-refractivity contribution in [3.05, 3.63) is 30.3 Å². The summed E-state index contributed by atoms with van der Waals surface area (Å²) in [5.74, 6) is 0. The van der Waals surface area contributed by atoms with Gasteiger partial charge in [0.1, 0.15) is 0 Å². The summed E-state index contributed by atoms with van der Waals surface area (Å²) in [5.41, 5.74) is 0. The summed E-state index contributed by atoms with van der Waals surface area (Å²) in [6.07, 6.45) is 5.10. The summed E-state index contributed by atoms with van der Waals surface area (Å²) < 4.78 is 6.07. The van der Waals surface area contributed by atoms with Crippen LogP contribution >= 0.6 is 0 Å². The standard InChI is InChI=1S/C15H26OSi/c1-4-6-13-17(16-3,14-7-5-2)15-11-9-8-10-12-15/h8-12H,4-7,13-14H2,1-3H3. The molecule has 0 N–H and O–H groups in total. The number of hydrogen-bond acceptors (Lipinski definition) is 1. The largest absolute Gasteiger partial charge is 0.415 e. The van der Waals surface area contributed by atoms with E-state index in [1.54, 1.807) is 0 Å². The quantitative estimate of drug-likeness (QED) is 0.632. The third-order valence-electron chi connectivity index (χ3n) is 3.56. The summed E-state index contributed by atoms with van der Waals surface area (Å²) in [5, 5.41) is 1.48. The molecule has 0 heterocycles. The molecular formula is C15H26OSi. The molecule has 0 amide bonds. The highest BCUT2D eigenvalue weighted by Gasteiger charge is 2.34. The fourth-order valence-electron chi connectivity index (χ4n) is 2.40. The van der Waals surface area contributed by atoms with Gasteiger partial charge in [-0.2, -0.15) is 0 Å². The van der Waals surface area contributed by atoms with Crippen LogP contribution in [0.2, 0.25) is 12.1 Å². The first-order chi connectivity index (χ1) is 8.29. The Labute approximate surface area is 107 Å². The van der Waals surface area contributed by atoms with Gasteiger partial charge in [0, 0.05) is 7.11 Å². The van der Waals surface area contributed by atoms with Crippen molar-refractivity contribution >= 4 is 13.5 Å². The minimum Gasteiger partial charge on any atom is -0.415 e. The molecule has 0 aliphatic heterocycles. The molecule has 0 saturated carbocycles. The zero-order valence-electron chi connectivity index (χ0n) is 11.5. The van der Waals surface area contributed by atoms with Crippen LogP contribution in [0, 0.1) is 0 Å². The summed E-state index contributed by atoms with van der Waals surface area (Å²) in [6.45, 7) is 4.53. The number of benzene rings is 1. The molecule has 0 spiro atoms. The molecule has 0 aliphatic rings. The number of hydrogen-bond donors (Lipinski definition) is 0. The Balaban J connectivity index is 2.89. The van der Waals surface area contributed by atoms with Crippen LogP contribution in [0.3, 0.4) is 0 Å². The fraction of sp³-hybridized carbons (Fsp3) is 0.600. The molecule has 0 radical (unpaired) electrons. The molecule has 2 heteroatoms. The highest BCUT2D eigenvalue weighted by Crippen LogP contribution is 2.22. The average molecular weight is 250 g/mol. The van der Waals surface area contributed by atoms with Crippen molar-refractivity contribution in [3.63, 3.8) is 0 Å². The lowest BCUT2D eigenvalue weighted by molar-refractivity contribution is 0.398. The number of unbranched alkanes of at least 4 members (excludes halogenated alkanes) is 2. The molecule has 0 bridgehead atoms. The van der Waals surface area contributed by atoms with Crippen LogP contribution in [0.1, 0.15) is 39.5 Å². The van der Waals surface area contributed by atoms with Gasteiger partial charge in [-0.3, -0.25) is 0 Å². The highest BCUT2D eigenvalue weighted by molar-refractivity contribution is 6.86. The van der Waals surface area contributed by atoms with Crippen LogP contribution in [0.5, 0.6) is 0 Å². The maximum absolute atomic E-state index is 6.07. The summed E-state index contributed by atoms with van der Waals surface area (Å²) in [7, 11) is 0.234. The van der Waals surface area contributed by atoms with Gasteiger partial charge in [-0.05, 0) is 17.3 Å². The maximum Gasteiger partial charge on any atom is 0.223 e. The molecular weight excluding hydrogens is 224 g/mol. The molecule has 1 aromatic carbocycles. The van der Waals surface area contributed by atoms with Gasteiger partial charge in [0.25, 0.3) is 0 Å². The van der Waals surface area contributed by atoms with Crippen LogP contribution in [0.25, 0.3) is 0 Å². The van der Waals surface area contributed by atoms with Crippen molar-refractivity contribution in [2.45, 2.75) is 51.6 Å². The molecule has 0 fully saturated rings. The maximum atomic E-state index is 6.07. The molecule has 17 heavy (non-hydrogen) atoms. The van der Waals surface area contributed by atoms with E-state index < -0.39 is 8.32 Å². The monoisotopic (exact) mass is 250 g/mol. The average Bonchev–Trinajstić information content (AvgIpc) is 2.41. The highest BCUT2D eigenvalue weighted by atomic mass is 28.4. The molecule has 0 aliphatic carbocycles. The van der Waals surface area contributed by atoms with E-state index in [4.69, 9.17) is 4.43 Å². The second-order valence-corrected chi connectivity index (χ2v) is 8.75. The molecule has 1 rings (SSSR count). The van der Waals surface area contributed by atoms with Gasteiger partial charge >= 0.3 is 0 Å². The molecule has 1 nitrogen and oxygen atoms in total. The topological polar surface area (TPSA) is 9.23 Å². The fourth-order valence-corrected chi connectivity index (χ4v) is 6.52. The lowest BCUT2D eigenvalue weighted by Gasteiger charge is -2.30. The Morgan fingerprint density at radius 3 is 1.88 bits per heavy atom. The smallest absolute Gasteiger partial charge is 0.223 e. The third kappa shape index (κ3) is 3.97. The Morgan fingerprint density at radius 2 is 1.47 bits per heavy atom. The molecule has 0 unspecified atom stereocenters. The van der Waals surface area contributed by atoms with Gasteiger partial charge in [-0.1, -0.05) is 69.9 Å². The molecule has 0 saturated heterocycles. The Morgan fingerprint density at radius 1 is 0.941 bits per heavy atom. The predicted octanol–water partition coefficient (Wildman–Crippen LogP) is 4.09. The van der Waals surface area contributed by atoms with E-state index in [1.807, 2.05) is 7.11 Å². The van der Waals surface area contributed by atoms with E-state index >= 15 is 0 Å². The van der Waals surface area contributed by atoms with Gasteiger partial charge in [0.05, 0.1) is 0 Å². The van der Waals surface area contributed by atoms with Gasteiger partial charge in [-0.15, -0.1) is 0 Å². The van der Waals surface area contributed by atoms with Gasteiger partial charge < -0.3 is 4.43 Å². The normalized spacial score (nSPS) is 11.7. The van der Waals surface area contributed by atoms with Crippen molar-refractivity contribution in [1.29, 1.82) is 0 Å². The van der Waals surface area contributed by atoms with E-state index in [9.17, 15) is 0 Å². The van der Waals surface area contributed by atoms with E-state index in [1.165, 1.54) is 43.0 Å². The van der Waals surface area contributed by atoms with Crippen LogP contribution in [0.4, 0.5) is 0 Å².